The number of ether oxygens (including phenoxy) is 1. The highest BCUT2D eigenvalue weighted by molar-refractivity contribution is 7.99. The second-order valence-electron chi connectivity index (χ2n) is 5.15. The van der Waals surface area contributed by atoms with E-state index in [-0.39, 0.29) is 27.4 Å². The molecule has 2 heterocycles. The Kier molecular flexibility index (Phi) is 4.88. The summed E-state index contributed by atoms with van der Waals surface area (Å²) in [6.45, 7) is 0. The number of nitrogens with one attached hydrogen (secondary N) is 1. The summed E-state index contributed by atoms with van der Waals surface area (Å²) in [5.74, 6) is -0.427. The van der Waals surface area contributed by atoms with Gasteiger partial charge in [0, 0.05) is 17.8 Å². The average molecular weight is 390 g/mol. The van der Waals surface area contributed by atoms with Crippen molar-refractivity contribution in [1.29, 1.82) is 5.26 Å². The standard InChI is InChI=1S/C16H12ClN5O3S/c1-25-11-3-9(17)8(2-10(11)23)14-13-7(4-18)5-20-15(13)22-16(21-14)26-6-12(19)24/h2-3,5,23H,6H2,1H3,(H2,19,24)(H,20,21,22). The summed E-state index contributed by atoms with van der Waals surface area (Å²) < 4.78 is 5.04. The zero-order valence-electron chi connectivity index (χ0n) is 13.4. The lowest BCUT2D eigenvalue weighted by Crippen LogP contribution is -2.13. The van der Waals surface area contributed by atoms with Gasteiger partial charge >= 0.3 is 0 Å². The van der Waals surface area contributed by atoms with E-state index in [1.54, 1.807) is 0 Å². The maximum atomic E-state index is 11.0. The first-order chi connectivity index (χ1) is 12.4. The Morgan fingerprint density at radius 3 is 2.92 bits per heavy atom. The van der Waals surface area contributed by atoms with Crippen LogP contribution in [0.3, 0.4) is 0 Å². The Hall–Kier alpha value is -2.96. The lowest BCUT2D eigenvalue weighted by molar-refractivity contribution is -0.115. The molecular weight excluding hydrogens is 378 g/mol. The highest BCUT2D eigenvalue weighted by atomic mass is 35.5. The highest BCUT2D eigenvalue weighted by Gasteiger charge is 2.19. The molecule has 4 N–H and O–H groups in total. The van der Waals surface area contributed by atoms with Crippen LogP contribution in [0.5, 0.6) is 11.5 Å². The number of primary amides is 1. The molecule has 26 heavy (non-hydrogen) atoms. The summed E-state index contributed by atoms with van der Waals surface area (Å²) in [5, 5.41) is 20.5. The first kappa shape index (κ1) is 17.8. The van der Waals surface area contributed by atoms with Gasteiger partial charge in [-0.25, -0.2) is 9.97 Å². The number of nitrogens with two attached hydrogens (primary N) is 1. The van der Waals surface area contributed by atoms with Gasteiger partial charge in [-0.05, 0) is 6.07 Å². The van der Waals surface area contributed by atoms with Crippen LogP contribution in [0, 0.1) is 11.3 Å². The van der Waals surface area contributed by atoms with Crippen LogP contribution < -0.4 is 10.5 Å². The van der Waals surface area contributed by atoms with Gasteiger partial charge in [-0.1, -0.05) is 23.4 Å². The Labute approximate surface area is 157 Å². The molecule has 1 aromatic carbocycles. The number of fused-ring (bicyclic) bond motifs is 1. The fourth-order valence-electron chi connectivity index (χ4n) is 2.38. The summed E-state index contributed by atoms with van der Waals surface area (Å²) in [6, 6.07) is 4.92. The third-order valence-electron chi connectivity index (χ3n) is 3.50. The van der Waals surface area contributed by atoms with E-state index in [1.807, 2.05) is 0 Å². The van der Waals surface area contributed by atoms with Gasteiger partial charge in [0.15, 0.2) is 16.7 Å². The van der Waals surface area contributed by atoms with Crippen molar-refractivity contribution in [2.75, 3.05) is 12.9 Å². The van der Waals surface area contributed by atoms with E-state index in [1.165, 1.54) is 25.4 Å². The molecule has 1 amide bonds. The van der Waals surface area contributed by atoms with Gasteiger partial charge in [0.1, 0.15) is 11.7 Å². The smallest absolute Gasteiger partial charge is 0.227 e. The molecule has 2 aromatic heterocycles. The number of hydrogen-bond acceptors (Lipinski definition) is 7. The van der Waals surface area contributed by atoms with E-state index >= 15 is 0 Å². The molecular formula is C16H12ClN5O3S. The number of benzene rings is 1. The number of methoxy groups -OCH3 is 1. The zero-order chi connectivity index (χ0) is 18.8. The van der Waals surface area contributed by atoms with Gasteiger partial charge in [-0.3, -0.25) is 4.79 Å². The fraction of sp³-hybridized carbons (Fsp3) is 0.125. The number of phenols is 1. The minimum Gasteiger partial charge on any atom is -0.504 e. The number of H-pyrrole nitrogens is 1. The van der Waals surface area contributed by atoms with Crippen molar-refractivity contribution >= 4 is 40.3 Å². The lowest BCUT2D eigenvalue weighted by Gasteiger charge is -2.11. The summed E-state index contributed by atoms with van der Waals surface area (Å²) in [5.41, 5.74) is 6.65. The SMILES string of the molecule is COc1cc(Cl)c(-c2nc(SCC(N)=O)nc3[nH]cc(C#N)c23)cc1O. The summed E-state index contributed by atoms with van der Waals surface area (Å²) in [4.78, 5) is 22.7. The molecule has 10 heteroatoms. The van der Waals surface area contributed by atoms with Gasteiger partial charge in [0.2, 0.25) is 5.91 Å². The Bertz CT molecular complexity index is 1060. The number of phenolic OH excluding ortho intramolecular Hbond substituents is 1. The van der Waals surface area contributed by atoms with Crippen LogP contribution in [0.25, 0.3) is 22.3 Å². The Morgan fingerprint density at radius 2 is 2.27 bits per heavy atom. The molecule has 0 aliphatic carbocycles. The maximum absolute atomic E-state index is 11.0. The molecule has 3 aromatic rings. The minimum atomic E-state index is -0.510. The van der Waals surface area contributed by atoms with Crippen molar-refractivity contribution in [1.82, 2.24) is 15.0 Å². The zero-order valence-corrected chi connectivity index (χ0v) is 15.0. The number of amides is 1. The van der Waals surface area contributed by atoms with E-state index < -0.39 is 5.91 Å². The molecule has 0 saturated heterocycles. The van der Waals surface area contributed by atoms with E-state index in [2.05, 4.69) is 21.0 Å². The molecule has 0 unspecified atom stereocenters. The van der Waals surface area contributed by atoms with E-state index in [4.69, 9.17) is 22.1 Å². The number of aromatic amines is 1. The molecule has 8 nitrogen and oxygen atoms in total. The molecule has 0 atom stereocenters. The fourth-order valence-corrected chi connectivity index (χ4v) is 3.21. The normalized spacial score (nSPS) is 10.7. The van der Waals surface area contributed by atoms with Crippen LogP contribution in [0.4, 0.5) is 0 Å². The van der Waals surface area contributed by atoms with Crippen LogP contribution in [-0.4, -0.2) is 38.8 Å². The molecule has 0 aliphatic rings. The van der Waals surface area contributed by atoms with Gasteiger partial charge in [0.25, 0.3) is 0 Å². The summed E-state index contributed by atoms with van der Waals surface area (Å²) in [7, 11) is 1.41. The molecule has 0 fully saturated rings. The van der Waals surface area contributed by atoms with Crippen LogP contribution in [0.1, 0.15) is 5.56 Å². The number of aromatic hydroxyl groups is 1. The van der Waals surface area contributed by atoms with E-state index in [0.29, 0.717) is 27.9 Å². The lowest BCUT2D eigenvalue weighted by atomic mass is 10.1. The third kappa shape index (κ3) is 3.24. The highest BCUT2D eigenvalue weighted by Crippen LogP contribution is 2.40. The number of halogens is 1. The van der Waals surface area contributed by atoms with Crippen molar-refractivity contribution in [2.45, 2.75) is 5.16 Å². The van der Waals surface area contributed by atoms with Crippen LogP contribution in [0.15, 0.2) is 23.5 Å². The second-order valence-corrected chi connectivity index (χ2v) is 6.50. The largest absolute Gasteiger partial charge is 0.504 e. The predicted octanol–water partition coefficient (Wildman–Crippen LogP) is 2.44. The quantitative estimate of drug-likeness (QED) is 0.450. The molecule has 0 radical (unpaired) electrons. The van der Waals surface area contributed by atoms with Crippen molar-refractivity contribution < 1.29 is 14.6 Å². The monoisotopic (exact) mass is 389 g/mol. The first-order valence-electron chi connectivity index (χ1n) is 7.21. The summed E-state index contributed by atoms with van der Waals surface area (Å²) >= 11 is 7.39. The maximum Gasteiger partial charge on any atom is 0.227 e. The number of thioether (sulfide) groups is 1. The van der Waals surface area contributed by atoms with Gasteiger partial charge in [-0.2, -0.15) is 5.26 Å². The molecule has 0 aliphatic heterocycles. The molecule has 0 spiro atoms. The van der Waals surface area contributed by atoms with Crippen molar-refractivity contribution in [3.05, 3.63) is 28.9 Å². The number of hydrogen-bond donors (Lipinski definition) is 3. The topological polar surface area (TPSA) is 138 Å². The average Bonchev–Trinajstić information content (AvgIpc) is 3.04. The van der Waals surface area contributed by atoms with Gasteiger partial charge in [0.05, 0.1) is 34.5 Å². The first-order valence-corrected chi connectivity index (χ1v) is 8.58. The van der Waals surface area contributed by atoms with Crippen molar-refractivity contribution in [2.24, 2.45) is 5.73 Å². The number of nitrogens with zero attached hydrogens (tertiary/aromatic N) is 3. The van der Waals surface area contributed by atoms with Crippen molar-refractivity contribution in [3.63, 3.8) is 0 Å². The third-order valence-corrected chi connectivity index (χ3v) is 4.68. The van der Waals surface area contributed by atoms with Gasteiger partial charge < -0.3 is 20.6 Å². The number of carbonyl (C=O) groups excluding carboxylic acids is 1. The minimum absolute atomic E-state index is 0.00163. The number of aromatic nitrogens is 3. The Balaban J connectivity index is 2.26. The number of rotatable bonds is 5. The van der Waals surface area contributed by atoms with Gasteiger partial charge in [-0.15, -0.1) is 0 Å². The Morgan fingerprint density at radius 1 is 1.50 bits per heavy atom. The summed E-state index contributed by atoms with van der Waals surface area (Å²) in [6.07, 6.45) is 1.50. The predicted molar refractivity (Wildman–Crippen MR) is 97.2 cm³/mol. The number of nitriles is 1. The molecule has 132 valence electrons. The van der Waals surface area contributed by atoms with Crippen molar-refractivity contribution in [3.8, 4) is 28.8 Å². The van der Waals surface area contributed by atoms with Crippen LogP contribution >= 0.6 is 23.4 Å². The van der Waals surface area contributed by atoms with Crippen LogP contribution in [0.2, 0.25) is 5.02 Å². The van der Waals surface area contributed by atoms with Crippen LogP contribution in [-0.2, 0) is 4.79 Å². The van der Waals surface area contributed by atoms with E-state index in [0.717, 1.165) is 11.8 Å². The number of carbonyl (C=O) groups is 1. The molecule has 0 bridgehead atoms. The molecule has 3 rings (SSSR count). The second kappa shape index (κ2) is 7.11. The van der Waals surface area contributed by atoms with E-state index in [9.17, 15) is 15.2 Å². The molecule has 0 saturated carbocycles.